The van der Waals surface area contributed by atoms with Crippen molar-refractivity contribution in [2.24, 2.45) is 5.92 Å². The molecule has 0 N–H and O–H groups in total. The van der Waals surface area contributed by atoms with Gasteiger partial charge in [-0.2, -0.15) is 10.1 Å². The quantitative estimate of drug-likeness (QED) is 0.813. The molecule has 2 aromatic rings. The van der Waals surface area contributed by atoms with Gasteiger partial charge in [-0.3, -0.25) is 14.7 Å². The summed E-state index contributed by atoms with van der Waals surface area (Å²) in [6, 6.07) is 0. The van der Waals surface area contributed by atoms with E-state index in [9.17, 15) is 4.79 Å². The molecule has 0 radical (unpaired) electrons. The molecule has 1 atom stereocenters. The first-order valence-corrected chi connectivity index (χ1v) is 8.03. The van der Waals surface area contributed by atoms with Crippen LogP contribution in [0.5, 0.6) is 0 Å². The maximum absolute atomic E-state index is 13.0. The Hall–Kier alpha value is -2.51. The van der Waals surface area contributed by atoms with Gasteiger partial charge in [0, 0.05) is 38.6 Å². The van der Waals surface area contributed by atoms with Crippen molar-refractivity contribution in [3.63, 3.8) is 0 Å². The van der Waals surface area contributed by atoms with Gasteiger partial charge >= 0.3 is 0 Å². The second-order valence-electron chi connectivity index (χ2n) is 5.98. The van der Waals surface area contributed by atoms with E-state index in [1.807, 2.05) is 4.68 Å². The van der Waals surface area contributed by atoms with Gasteiger partial charge in [-0.25, -0.2) is 9.67 Å². The Morgan fingerprint density at radius 2 is 2.09 bits per heavy atom. The Kier molecular flexibility index (Phi) is 3.64. The predicted molar refractivity (Wildman–Crippen MR) is 84.0 cm³/mol. The molecule has 0 aromatic carbocycles. The van der Waals surface area contributed by atoms with Gasteiger partial charge in [-0.1, -0.05) is 0 Å². The highest BCUT2D eigenvalue weighted by Gasteiger charge is 2.33. The Balaban J connectivity index is 1.51. The fourth-order valence-corrected chi connectivity index (χ4v) is 3.37. The number of amides is 1. The third-order valence-corrected chi connectivity index (χ3v) is 4.50. The second-order valence-corrected chi connectivity index (χ2v) is 5.98. The van der Waals surface area contributed by atoms with E-state index in [1.165, 1.54) is 6.33 Å². The fourth-order valence-electron chi connectivity index (χ4n) is 3.37. The van der Waals surface area contributed by atoms with E-state index in [0.29, 0.717) is 12.5 Å². The number of aromatic nitrogens is 5. The van der Waals surface area contributed by atoms with Crippen LogP contribution in [0.25, 0.3) is 0 Å². The van der Waals surface area contributed by atoms with E-state index in [4.69, 9.17) is 0 Å². The Labute approximate surface area is 134 Å². The lowest BCUT2D eigenvalue weighted by Crippen LogP contribution is -2.47. The van der Waals surface area contributed by atoms with Gasteiger partial charge < -0.3 is 4.90 Å². The van der Waals surface area contributed by atoms with Gasteiger partial charge in [0.05, 0.1) is 12.1 Å². The number of hydrogen-bond donors (Lipinski definition) is 0. The Morgan fingerprint density at radius 3 is 2.96 bits per heavy atom. The van der Waals surface area contributed by atoms with Crippen LogP contribution in [-0.4, -0.2) is 50.3 Å². The van der Waals surface area contributed by atoms with Crippen LogP contribution in [-0.2, 0) is 11.3 Å². The summed E-state index contributed by atoms with van der Waals surface area (Å²) in [6.07, 6.45) is 9.43. The van der Waals surface area contributed by atoms with Crippen molar-refractivity contribution < 1.29 is 4.79 Å². The zero-order valence-electron chi connectivity index (χ0n) is 12.9. The molecular formula is C15H19N7O. The molecule has 2 aromatic heterocycles. The maximum Gasteiger partial charge on any atom is 0.234 e. The minimum atomic E-state index is -0.0333. The summed E-state index contributed by atoms with van der Waals surface area (Å²) in [5.74, 6) is 1.63. The molecule has 8 heteroatoms. The number of anilines is 2. The fraction of sp³-hybridized carbons (Fsp3) is 0.533. The largest absolute Gasteiger partial charge is 0.355 e. The predicted octanol–water partition coefficient (Wildman–Crippen LogP) is 0.721. The SMILES string of the molecule is O=C(C1CCCN(c2cnccn2)C1)N1CCCn2ncnc21. The maximum atomic E-state index is 13.0. The Bertz CT molecular complexity index is 686. The molecule has 1 amide bonds. The summed E-state index contributed by atoms with van der Waals surface area (Å²) in [5.41, 5.74) is 0. The third-order valence-electron chi connectivity index (χ3n) is 4.50. The van der Waals surface area contributed by atoms with Crippen LogP contribution in [0.2, 0.25) is 0 Å². The second kappa shape index (κ2) is 5.94. The van der Waals surface area contributed by atoms with Crippen LogP contribution in [0.1, 0.15) is 19.3 Å². The van der Waals surface area contributed by atoms with E-state index in [1.54, 1.807) is 23.5 Å². The van der Waals surface area contributed by atoms with Crippen LogP contribution >= 0.6 is 0 Å². The summed E-state index contributed by atoms with van der Waals surface area (Å²) in [6.45, 7) is 3.15. The number of rotatable bonds is 2. The summed E-state index contributed by atoms with van der Waals surface area (Å²) in [7, 11) is 0. The van der Waals surface area contributed by atoms with Crippen LogP contribution in [0.3, 0.4) is 0 Å². The van der Waals surface area contributed by atoms with Crippen LogP contribution < -0.4 is 9.80 Å². The lowest BCUT2D eigenvalue weighted by molar-refractivity contribution is -0.122. The zero-order valence-corrected chi connectivity index (χ0v) is 12.9. The van der Waals surface area contributed by atoms with E-state index in [2.05, 4.69) is 25.0 Å². The van der Waals surface area contributed by atoms with Gasteiger partial charge in [0.25, 0.3) is 0 Å². The molecule has 0 spiro atoms. The number of piperidine rings is 1. The van der Waals surface area contributed by atoms with Crippen LogP contribution in [0, 0.1) is 5.92 Å². The average Bonchev–Trinajstić information content (AvgIpc) is 3.11. The standard InChI is InChI=1S/C15H19N7O/c23-14(21-7-2-8-22-15(21)18-11-19-22)12-3-1-6-20(10-12)13-9-16-4-5-17-13/h4-5,9,11-12H,1-3,6-8,10H2. The normalized spacial score (nSPS) is 21.1. The minimum Gasteiger partial charge on any atom is -0.355 e. The number of hydrogen-bond acceptors (Lipinski definition) is 6. The van der Waals surface area contributed by atoms with Crippen molar-refractivity contribution >= 4 is 17.7 Å². The monoisotopic (exact) mass is 313 g/mol. The molecule has 4 rings (SSSR count). The third kappa shape index (κ3) is 2.64. The van der Waals surface area contributed by atoms with Gasteiger partial charge in [-0.15, -0.1) is 0 Å². The van der Waals surface area contributed by atoms with E-state index >= 15 is 0 Å². The van der Waals surface area contributed by atoms with Crippen LogP contribution in [0.15, 0.2) is 24.9 Å². The highest BCUT2D eigenvalue weighted by molar-refractivity contribution is 5.94. The molecule has 0 aliphatic carbocycles. The lowest BCUT2D eigenvalue weighted by atomic mass is 9.96. The summed E-state index contributed by atoms with van der Waals surface area (Å²) >= 11 is 0. The van der Waals surface area contributed by atoms with Crippen molar-refractivity contribution in [3.8, 4) is 0 Å². The number of fused-ring (bicyclic) bond motifs is 1. The molecule has 8 nitrogen and oxygen atoms in total. The van der Waals surface area contributed by atoms with Gasteiger partial charge in [0.1, 0.15) is 12.1 Å². The zero-order chi connectivity index (χ0) is 15.6. The Morgan fingerprint density at radius 1 is 1.13 bits per heavy atom. The van der Waals surface area contributed by atoms with Crippen molar-refractivity contribution in [3.05, 3.63) is 24.9 Å². The molecule has 23 heavy (non-hydrogen) atoms. The molecule has 0 saturated carbocycles. The van der Waals surface area contributed by atoms with Crippen molar-refractivity contribution in [1.29, 1.82) is 0 Å². The molecule has 2 aliphatic heterocycles. The number of carbonyl (C=O) groups is 1. The van der Waals surface area contributed by atoms with Gasteiger partial charge in [-0.05, 0) is 19.3 Å². The molecular weight excluding hydrogens is 294 g/mol. The van der Waals surface area contributed by atoms with Crippen LogP contribution in [0.4, 0.5) is 11.8 Å². The highest BCUT2D eigenvalue weighted by atomic mass is 16.2. The average molecular weight is 313 g/mol. The van der Waals surface area contributed by atoms with Crippen molar-refractivity contribution in [2.75, 3.05) is 29.4 Å². The minimum absolute atomic E-state index is 0.0333. The van der Waals surface area contributed by atoms with Crippen molar-refractivity contribution in [2.45, 2.75) is 25.8 Å². The van der Waals surface area contributed by atoms with E-state index in [-0.39, 0.29) is 11.8 Å². The first kappa shape index (κ1) is 14.1. The van der Waals surface area contributed by atoms with Gasteiger partial charge in [0.15, 0.2) is 0 Å². The molecule has 1 saturated heterocycles. The molecule has 1 unspecified atom stereocenters. The summed E-state index contributed by atoms with van der Waals surface area (Å²) < 4.78 is 1.81. The number of nitrogens with zero attached hydrogens (tertiary/aromatic N) is 7. The first-order chi connectivity index (χ1) is 11.3. The lowest BCUT2D eigenvalue weighted by Gasteiger charge is -2.36. The topological polar surface area (TPSA) is 80.0 Å². The number of carbonyl (C=O) groups excluding carboxylic acids is 1. The summed E-state index contributed by atoms with van der Waals surface area (Å²) in [5, 5.41) is 4.18. The smallest absolute Gasteiger partial charge is 0.234 e. The van der Waals surface area contributed by atoms with E-state index in [0.717, 1.165) is 44.7 Å². The molecule has 120 valence electrons. The number of aryl methyl sites for hydroxylation is 1. The molecule has 1 fully saturated rings. The van der Waals surface area contributed by atoms with Gasteiger partial charge in [0.2, 0.25) is 11.9 Å². The molecule has 2 aliphatic rings. The molecule has 0 bridgehead atoms. The summed E-state index contributed by atoms with van der Waals surface area (Å²) in [4.78, 5) is 29.6. The first-order valence-electron chi connectivity index (χ1n) is 8.03. The van der Waals surface area contributed by atoms with E-state index < -0.39 is 0 Å². The molecule has 4 heterocycles. The highest BCUT2D eigenvalue weighted by Crippen LogP contribution is 2.25. The van der Waals surface area contributed by atoms with Crippen molar-refractivity contribution in [1.82, 2.24) is 24.7 Å².